The van der Waals surface area contributed by atoms with Crippen LogP contribution in [0.4, 0.5) is 5.69 Å². The summed E-state index contributed by atoms with van der Waals surface area (Å²) in [5.41, 5.74) is 1.87. The Morgan fingerprint density at radius 2 is 2.12 bits per heavy atom. The predicted molar refractivity (Wildman–Crippen MR) is 65.0 cm³/mol. The highest BCUT2D eigenvalue weighted by Gasteiger charge is 2.27. The number of Topliss-reactive ketones (excluding diaryl/α,β-unsaturated/α-hetero) is 1. The highest BCUT2D eigenvalue weighted by molar-refractivity contribution is 6.02. The summed E-state index contributed by atoms with van der Waals surface area (Å²) in [6.07, 6.45) is 0.620. The van der Waals surface area contributed by atoms with E-state index in [1.807, 2.05) is 18.2 Å². The summed E-state index contributed by atoms with van der Waals surface area (Å²) in [6, 6.07) is 5.65. The number of carbonyl (C=O) groups is 1. The van der Waals surface area contributed by atoms with Crippen LogP contribution in [0, 0.1) is 5.92 Å². The van der Waals surface area contributed by atoms with Crippen molar-refractivity contribution >= 4 is 17.4 Å². The second-order valence-corrected chi connectivity index (χ2v) is 4.02. The van der Waals surface area contributed by atoms with Crippen LogP contribution < -0.4 is 4.74 Å². The molecule has 0 aliphatic carbocycles. The molecular weight excluding hydrogens is 218 g/mol. The van der Waals surface area contributed by atoms with Gasteiger partial charge < -0.3 is 9.47 Å². The Hall–Kier alpha value is -1.84. The zero-order valence-corrected chi connectivity index (χ0v) is 10.2. The van der Waals surface area contributed by atoms with Crippen LogP contribution >= 0.6 is 0 Å². The molecule has 0 saturated heterocycles. The smallest absolute Gasteiger partial charge is 0.199 e. The minimum absolute atomic E-state index is 0.0686. The summed E-state index contributed by atoms with van der Waals surface area (Å²) in [7, 11) is 3.17. The van der Waals surface area contributed by atoms with Crippen LogP contribution in [-0.4, -0.2) is 25.9 Å². The summed E-state index contributed by atoms with van der Waals surface area (Å²) in [4.78, 5) is 15.9. The van der Waals surface area contributed by atoms with E-state index in [4.69, 9.17) is 9.47 Å². The van der Waals surface area contributed by atoms with E-state index in [1.165, 1.54) is 0 Å². The largest absolute Gasteiger partial charge is 0.497 e. The molecule has 0 saturated carbocycles. The predicted octanol–water partition coefficient (Wildman–Crippen LogP) is 2.13. The first kappa shape index (κ1) is 11.6. The molecule has 1 heterocycles. The molecule has 1 aromatic carbocycles. The molecule has 0 spiro atoms. The summed E-state index contributed by atoms with van der Waals surface area (Å²) < 4.78 is 10.3. The fraction of sp³-hybridized carbons (Fsp3) is 0.385. The number of hydrogen-bond acceptors (Lipinski definition) is 4. The number of fused-ring (bicyclic) bond motifs is 1. The van der Waals surface area contributed by atoms with Crippen molar-refractivity contribution in [1.29, 1.82) is 0 Å². The van der Waals surface area contributed by atoms with Crippen LogP contribution in [0.2, 0.25) is 0 Å². The molecule has 1 atom stereocenters. The van der Waals surface area contributed by atoms with Crippen LogP contribution in [0.15, 0.2) is 23.2 Å². The number of nitrogens with zero attached hydrogens (tertiary/aromatic N) is 1. The maximum absolute atomic E-state index is 11.5. The molecule has 0 amide bonds. The van der Waals surface area contributed by atoms with Gasteiger partial charge in [-0.1, -0.05) is 0 Å². The highest BCUT2D eigenvalue weighted by Crippen LogP contribution is 2.32. The monoisotopic (exact) mass is 233 g/mol. The molecule has 0 aromatic heterocycles. The molecule has 1 aliphatic rings. The van der Waals surface area contributed by atoms with Gasteiger partial charge in [0.2, 0.25) is 0 Å². The molecule has 4 nitrogen and oxygen atoms in total. The van der Waals surface area contributed by atoms with Gasteiger partial charge in [-0.3, -0.25) is 4.79 Å². The maximum atomic E-state index is 11.5. The molecule has 17 heavy (non-hydrogen) atoms. The Morgan fingerprint density at radius 3 is 2.71 bits per heavy atom. The third-order valence-electron chi connectivity index (χ3n) is 2.94. The van der Waals surface area contributed by atoms with Gasteiger partial charge in [-0.15, -0.1) is 0 Å². The first-order chi connectivity index (χ1) is 8.15. The number of methoxy groups -OCH3 is 2. The summed E-state index contributed by atoms with van der Waals surface area (Å²) in [5.74, 6) is 1.07. The van der Waals surface area contributed by atoms with Crippen molar-refractivity contribution in [3.05, 3.63) is 23.8 Å². The fourth-order valence-electron chi connectivity index (χ4n) is 1.97. The SMILES string of the molecule is COC1=Nc2ccc(OC)cc2CC1C(C)=O. The van der Waals surface area contributed by atoms with Gasteiger partial charge in [-0.2, -0.15) is 0 Å². The lowest BCUT2D eigenvalue weighted by atomic mass is 9.92. The Balaban J connectivity index is 2.43. The molecule has 0 N–H and O–H groups in total. The second-order valence-electron chi connectivity index (χ2n) is 4.02. The number of aliphatic imine (C=N–C) groups is 1. The van der Waals surface area contributed by atoms with Crippen molar-refractivity contribution in [3.8, 4) is 5.75 Å². The second kappa shape index (κ2) is 4.57. The van der Waals surface area contributed by atoms with Gasteiger partial charge in [0.15, 0.2) is 5.90 Å². The average Bonchev–Trinajstić information content (AvgIpc) is 2.36. The lowest BCUT2D eigenvalue weighted by Gasteiger charge is -2.22. The van der Waals surface area contributed by atoms with Gasteiger partial charge in [0.05, 0.1) is 25.8 Å². The Morgan fingerprint density at radius 1 is 1.35 bits per heavy atom. The number of ketones is 1. The van der Waals surface area contributed by atoms with Gasteiger partial charge in [-0.05, 0) is 37.1 Å². The van der Waals surface area contributed by atoms with Crippen LogP contribution in [0.1, 0.15) is 12.5 Å². The van der Waals surface area contributed by atoms with E-state index in [2.05, 4.69) is 4.99 Å². The molecule has 1 aromatic rings. The third kappa shape index (κ3) is 2.16. The van der Waals surface area contributed by atoms with Crippen molar-refractivity contribution in [3.63, 3.8) is 0 Å². The van der Waals surface area contributed by atoms with Crippen LogP contribution in [0.25, 0.3) is 0 Å². The molecule has 0 fully saturated rings. The first-order valence-corrected chi connectivity index (χ1v) is 5.45. The normalized spacial score (nSPS) is 18.1. The summed E-state index contributed by atoms with van der Waals surface area (Å²) in [6.45, 7) is 1.56. The molecule has 2 rings (SSSR count). The van der Waals surface area contributed by atoms with E-state index in [0.29, 0.717) is 12.3 Å². The van der Waals surface area contributed by atoms with Gasteiger partial charge in [0, 0.05) is 0 Å². The lowest BCUT2D eigenvalue weighted by molar-refractivity contribution is -0.119. The molecule has 4 heteroatoms. The molecule has 1 unspecified atom stereocenters. The fourth-order valence-corrected chi connectivity index (χ4v) is 1.97. The maximum Gasteiger partial charge on any atom is 0.199 e. The minimum atomic E-state index is -0.278. The van der Waals surface area contributed by atoms with Gasteiger partial charge in [0.25, 0.3) is 0 Å². The zero-order chi connectivity index (χ0) is 12.4. The Labute approximate surface area is 100 Å². The quantitative estimate of drug-likeness (QED) is 0.786. The van der Waals surface area contributed by atoms with Crippen LogP contribution in [-0.2, 0) is 16.0 Å². The minimum Gasteiger partial charge on any atom is -0.497 e. The summed E-state index contributed by atoms with van der Waals surface area (Å²) >= 11 is 0. The number of ether oxygens (including phenoxy) is 2. The molecule has 0 bridgehead atoms. The number of benzene rings is 1. The van der Waals surface area contributed by atoms with Crippen LogP contribution in [0.3, 0.4) is 0 Å². The van der Waals surface area contributed by atoms with E-state index < -0.39 is 0 Å². The van der Waals surface area contributed by atoms with Crippen molar-refractivity contribution in [2.45, 2.75) is 13.3 Å². The number of hydrogen-bond donors (Lipinski definition) is 0. The Kier molecular flexibility index (Phi) is 3.13. The molecule has 0 radical (unpaired) electrons. The van der Waals surface area contributed by atoms with Crippen molar-refractivity contribution in [2.24, 2.45) is 10.9 Å². The van der Waals surface area contributed by atoms with Gasteiger partial charge >= 0.3 is 0 Å². The van der Waals surface area contributed by atoms with Crippen molar-refractivity contribution in [2.75, 3.05) is 14.2 Å². The topological polar surface area (TPSA) is 47.9 Å². The van der Waals surface area contributed by atoms with Gasteiger partial charge in [-0.25, -0.2) is 4.99 Å². The average molecular weight is 233 g/mol. The standard InChI is InChI=1S/C13H15NO3/c1-8(15)11-7-9-6-10(16-2)4-5-12(9)14-13(11)17-3/h4-6,11H,7H2,1-3H3. The number of carbonyl (C=O) groups excluding carboxylic acids is 1. The highest BCUT2D eigenvalue weighted by atomic mass is 16.5. The van der Waals surface area contributed by atoms with E-state index in [-0.39, 0.29) is 11.7 Å². The first-order valence-electron chi connectivity index (χ1n) is 5.45. The van der Waals surface area contributed by atoms with Crippen molar-refractivity contribution in [1.82, 2.24) is 0 Å². The van der Waals surface area contributed by atoms with Crippen LogP contribution in [0.5, 0.6) is 5.75 Å². The molecular formula is C13H15NO3. The van der Waals surface area contributed by atoms with E-state index in [9.17, 15) is 4.79 Å². The van der Waals surface area contributed by atoms with Crippen molar-refractivity contribution < 1.29 is 14.3 Å². The van der Waals surface area contributed by atoms with E-state index in [0.717, 1.165) is 17.0 Å². The molecule has 90 valence electrons. The lowest BCUT2D eigenvalue weighted by Crippen LogP contribution is -2.28. The zero-order valence-electron chi connectivity index (χ0n) is 10.2. The van der Waals surface area contributed by atoms with E-state index in [1.54, 1.807) is 21.1 Å². The van der Waals surface area contributed by atoms with Gasteiger partial charge in [0.1, 0.15) is 11.5 Å². The number of rotatable bonds is 2. The van der Waals surface area contributed by atoms with E-state index >= 15 is 0 Å². The third-order valence-corrected chi connectivity index (χ3v) is 2.94. The molecule has 1 aliphatic heterocycles. The summed E-state index contributed by atoms with van der Waals surface area (Å²) in [5, 5.41) is 0. The Bertz CT molecular complexity index is 480.